The van der Waals surface area contributed by atoms with Crippen molar-refractivity contribution < 1.29 is 24.3 Å². The molecule has 7 heteroatoms. The Morgan fingerprint density at radius 3 is 2.30 bits per heavy atom. The number of ketones is 1. The van der Waals surface area contributed by atoms with Crippen LogP contribution in [0.25, 0.3) is 0 Å². The molecule has 0 saturated heterocycles. The van der Waals surface area contributed by atoms with E-state index in [1.165, 1.54) is 0 Å². The summed E-state index contributed by atoms with van der Waals surface area (Å²) in [6.07, 6.45) is 1.70. The first-order chi connectivity index (χ1) is 12.8. The summed E-state index contributed by atoms with van der Waals surface area (Å²) in [5.74, 6) is -2.37. The van der Waals surface area contributed by atoms with Crippen LogP contribution in [0.4, 0.5) is 0 Å². The number of Topliss-reactive ketones (excluding diaryl/α,β-unsaturated/α-hetero) is 1. The highest BCUT2D eigenvalue weighted by atomic mass is 16.4. The van der Waals surface area contributed by atoms with Gasteiger partial charge in [-0.25, -0.2) is 0 Å². The summed E-state index contributed by atoms with van der Waals surface area (Å²) in [7, 11) is 0. The molecule has 1 aliphatic carbocycles. The second-order valence-corrected chi connectivity index (χ2v) is 7.04. The minimum Gasteiger partial charge on any atom is -0.481 e. The average molecular weight is 374 g/mol. The van der Waals surface area contributed by atoms with Gasteiger partial charge in [0.25, 0.3) is 0 Å². The maximum Gasteiger partial charge on any atom is 0.308 e. The van der Waals surface area contributed by atoms with E-state index in [2.05, 4.69) is 5.32 Å². The molecule has 1 aromatic rings. The van der Waals surface area contributed by atoms with Crippen molar-refractivity contribution in [3.8, 4) is 0 Å². The van der Waals surface area contributed by atoms with Crippen LogP contribution in [0.15, 0.2) is 30.3 Å². The Morgan fingerprint density at radius 2 is 1.74 bits per heavy atom. The monoisotopic (exact) mass is 374 g/mol. The number of nitrogens with one attached hydrogen (secondary N) is 1. The summed E-state index contributed by atoms with van der Waals surface area (Å²) in [6, 6.07) is 8.10. The van der Waals surface area contributed by atoms with Gasteiger partial charge in [-0.15, -0.1) is 0 Å². The Labute approximate surface area is 158 Å². The van der Waals surface area contributed by atoms with E-state index in [0.29, 0.717) is 5.56 Å². The fraction of sp³-hybridized carbons (Fsp3) is 0.500. The SMILES string of the molecule is CC(CN(C(=O)CCC(=O)NC(C)C(=O)c1ccccc1)C1CC1)C(=O)O. The summed E-state index contributed by atoms with van der Waals surface area (Å²) < 4.78 is 0. The topological polar surface area (TPSA) is 104 Å². The van der Waals surface area contributed by atoms with E-state index >= 15 is 0 Å². The summed E-state index contributed by atoms with van der Waals surface area (Å²) >= 11 is 0. The van der Waals surface area contributed by atoms with Crippen molar-refractivity contribution in [2.24, 2.45) is 5.92 Å². The van der Waals surface area contributed by atoms with Crippen molar-refractivity contribution in [1.82, 2.24) is 10.2 Å². The minimum atomic E-state index is -0.945. The maximum atomic E-state index is 12.4. The van der Waals surface area contributed by atoms with Crippen molar-refractivity contribution in [2.45, 2.75) is 51.6 Å². The lowest BCUT2D eigenvalue weighted by atomic mass is 10.1. The van der Waals surface area contributed by atoms with Crippen LogP contribution in [0.5, 0.6) is 0 Å². The lowest BCUT2D eigenvalue weighted by Gasteiger charge is -2.24. The first-order valence-electron chi connectivity index (χ1n) is 9.20. The van der Waals surface area contributed by atoms with E-state index in [-0.39, 0.29) is 43.0 Å². The van der Waals surface area contributed by atoms with Gasteiger partial charge in [0.05, 0.1) is 12.0 Å². The number of amides is 2. The second-order valence-electron chi connectivity index (χ2n) is 7.04. The Bertz CT molecular complexity index is 700. The molecule has 7 nitrogen and oxygen atoms in total. The number of carboxylic acids is 1. The maximum absolute atomic E-state index is 12.4. The van der Waals surface area contributed by atoms with Gasteiger partial charge in [-0.3, -0.25) is 19.2 Å². The van der Waals surface area contributed by atoms with Crippen LogP contribution in [-0.4, -0.2) is 52.2 Å². The molecule has 0 bridgehead atoms. The number of carbonyl (C=O) groups is 4. The van der Waals surface area contributed by atoms with E-state index in [4.69, 9.17) is 5.11 Å². The van der Waals surface area contributed by atoms with E-state index in [0.717, 1.165) is 12.8 Å². The van der Waals surface area contributed by atoms with Crippen molar-refractivity contribution in [3.63, 3.8) is 0 Å². The lowest BCUT2D eigenvalue weighted by molar-refractivity contribution is -0.143. The molecular weight excluding hydrogens is 348 g/mol. The van der Waals surface area contributed by atoms with Gasteiger partial charge >= 0.3 is 5.97 Å². The first kappa shape index (κ1) is 20.6. The Balaban J connectivity index is 1.82. The molecule has 0 heterocycles. The van der Waals surface area contributed by atoms with Gasteiger partial charge in [0.15, 0.2) is 5.78 Å². The number of hydrogen-bond acceptors (Lipinski definition) is 4. The van der Waals surface area contributed by atoms with Gasteiger partial charge in [0, 0.05) is 31.0 Å². The van der Waals surface area contributed by atoms with Gasteiger partial charge in [-0.05, 0) is 19.8 Å². The Hall–Kier alpha value is -2.70. The van der Waals surface area contributed by atoms with Crippen molar-refractivity contribution in [3.05, 3.63) is 35.9 Å². The molecule has 1 saturated carbocycles. The zero-order valence-electron chi connectivity index (χ0n) is 15.7. The van der Waals surface area contributed by atoms with Gasteiger partial charge in [0.2, 0.25) is 11.8 Å². The molecule has 2 rings (SSSR count). The molecule has 0 aromatic heterocycles. The van der Waals surface area contributed by atoms with E-state index in [1.807, 2.05) is 6.07 Å². The smallest absolute Gasteiger partial charge is 0.308 e. The van der Waals surface area contributed by atoms with E-state index in [1.54, 1.807) is 43.0 Å². The third-order valence-corrected chi connectivity index (χ3v) is 4.60. The normalized spacial score (nSPS) is 15.5. The predicted octanol–water partition coefficient (Wildman–Crippen LogP) is 1.87. The molecule has 0 spiro atoms. The zero-order chi connectivity index (χ0) is 20.0. The summed E-state index contributed by atoms with van der Waals surface area (Å²) in [4.78, 5) is 49.4. The number of hydrogen-bond donors (Lipinski definition) is 2. The summed E-state index contributed by atoms with van der Waals surface area (Å²) in [6.45, 7) is 3.33. The number of nitrogens with zero attached hydrogens (tertiary/aromatic N) is 1. The molecule has 2 unspecified atom stereocenters. The second kappa shape index (κ2) is 9.30. The fourth-order valence-corrected chi connectivity index (χ4v) is 2.81. The fourth-order valence-electron chi connectivity index (χ4n) is 2.81. The Kier molecular flexibility index (Phi) is 7.10. The largest absolute Gasteiger partial charge is 0.481 e. The van der Waals surface area contributed by atoms with Crippen LogP contribution in [-0.2, 0) is 14.4 Å². The number of aliphatic carboxylic acids is 1. The lowest BCUT2D eigenvalue weighted by Crippen LogP contribution is -2.41. The van der Waals surface area contributed by atoms with Gasteiger partial charge in [-0.1, -0.05) is 37.3 Å². The van der Waals surface area contributed by atoms with E-state index < -0.39 is 17.9 Å². The molecule has 2 atom stereocenters. The third kappa shape index (κ3) is 6.20. The molecule has 2 N–H and O–H groups in total. The third-order valence-electron chi connectivity index (χ3n) is 4.60. The predicted molar refractivity (Wildman–Crippen MR) is 99.1 cm³/mol. The molecule has 146 valence electrons. The Morgan fingerprint density at radius 1 is 1.11 bits per heavy atom. The molecule has 0 radical (unpaired) electrons. The molecule has 0 aliphatic heterocycles. The van der Waals surface area contributed by atoms with Crippen LogP contribution in [0.3, 0.4) is 0 Å². The molecule has 1 fully saturated rings. The van der Waals surface area contributed by atoms with Gasteiger partial charge < -0.3 is 15.3 Å². The number of carbonyl (C=O) groups excluding carboxylic acids is 3. The highest BCUT2D eigenvalue weighted by Crippen LogP contribution is 2.28. The highest BCUT2D eigenvalue weighted by molar-refractivity contribution is 6.01. The average Bonchev–Trinajstić information content (AvgIpc) is 3.48. The summed E-state index contributed by atoms with van der Waals surface area (Å²) in [5.41, 5.74) is 0.518. The molecule has 1 aliphatic rings. The molecule has 1 aromatic carbocycles. The van der Waals surface area contributed by atoms with Crippen LogP contribution < -0.4 is 5.32 Å². The van der Waals surface area contributed by atoms with Crippen molar-refractivity contribution >= 4 is 23.6 Å². The molecule has 2 amide bonds. The van der Waals surface area contributed by atoms with Gasteiger partial charge in [-0.2, -0.15) is 0 Å². The highest BCUT2D eigenvalue weighted by Gasteiger charge is 2.34. The molecular formula is C20H26N2O5. The number of benzene rings is 1. The van der Waals surface area contributed by atoms with E-state index in [9.17, 15) is 19.2 Å². The van der Waals surface area contributed by atoms with Crippen molar-refractivity contribution in [1.29, 1.82) is 0 Å². The van der Waals surface area contributed by atoms with Crippen LogP contribution >= 0.6 is 0 Å². The number of carboxylic acid groups (broad SMARTS) is 1. The standard InChI is InChI=1S/C20H26N2O5/c1-13(20(26)27)12-22(16-8-9-16)18(24)11-10-17(23)21-14(2)19(25)15-6-4-3-5-7-15/h3-7,13-14,16H,8-12H2,1-2H3,(H,21,23)(H,26,27). The van der Waals surface area contributed by atoms with Crippen LogP contribution in [0.2, 0.25) is 0 Å². The minimum absolute atomic E-state index is 0.000913. The van der Waals surface area contributed by atoms with Crippen molar-refractivity contribution in [2.75, 3.05) is 6.54 Å². The quantitative estimate of drug-likeness (QED) is 0.609. The molecule has 27 heavy (non-hydrogen) atoms. The first-order valence-corrected chi connectivity index (χ1v) is 9.20. The summed E-state index contributed by atoms with van der Waals surface area (Å²) in [5, 5.41) is 11.7. The van der Waals surface area contributed by atoms with Gasteiger partial charge in [0.1, 0.15) is 0 Å². The number of rotatable bonds is 10. The van der Waals surface area contributed by atoms with Crippen LogP contribution in [0, 0.1) is 5.92 Å². The zero-order valence-corrected chi connectivity index (χ0v) is 15.7. The van der Waals surface area contributed by atoms with Crippen LogP contribution in [0.1, 0.15) is 49.9 Å².